The summed E-state index contributed by atoms with van der Waals surface area (Å²) in [5, 5.41) is 0. The molecular formula is C22H24F3N3O5. The molecule has 11 heteroatoms. The Morgan fingerprint density at radius 2 is 1.85 bits per heavy atom. The van der Waals surface area contributed by atoms with Crippen LogP contribution in [0.4, 0.5) is 13.2 Å². The fraction of sp³-hybridized carbons (Fsp3) is 0.455. The van der Waals surface area contributed by atoms with Gasteiger partial charge in [-0.2, -0.15) is 0 Å². The van der Waals surface area contributed by atoms with Gasteiger partial charge in [0.25, 0.3) is 5.91 Å². The lowest BCUT2D eigenvalue weighted by Gasteiger charge is -2.47. The monoisotopic (exact) mass is 467 g/mol. The van der Waals surface area contributed by atoms with Crippen molar-refractivity contribution in [2.75, 3.05) is 46.5 Å². The van der Waals surface area contributed by atoms with Crippen molar-refractivity contribution >= 4 is 5.91 Å². The summed E-state index contributed by atoms with van der Waals surface area (Å²) in [5.41, 5.74) is 1.05. The van der Waals surface area contributed by atoms with Crippen LogP contribution >= 0.6 is 0 Å². The molecule has 8 nitrogen and oxygen atoms in total. The largest absolute Gasteiger partial charge is 0.573 e. The highest BCUT2D eigenvalue weighted by atomic mass is 19.4. The third-order valence-corrected chi connectivity index (χ3v) is 5.46. The number of hydrogen-bond acceptors (Lipinski definition) is 7. The molecule has 2 fully saturated rings. The van der Waals surface area contributed by atoms with Gasteiger partial charge >= 0.3 is 6.36 Å². The summed E-state index contributed by atoms with van der Waals surface area (Å²) in [6.07, 6.45) is -3.08. The Bertz CT molecular complexity index is 968. The molecule has 33 heavy (non-hydrogen) atoms. The molecule has 2 saturated heterocycles. The minimum Gasteiger partial charge on any atom is -0.495 e. The average molecular weight is 467 g/mol. The van der Waals surface area contributed by atoms with Crippen LogP contribution < -0.4 is 9.47 Å². The molecule has 2 aliphatic heterocycles. The van der Waals surface area contributed by atoms with Crippen molar-refractivity contribution in [3.8, 4) is 11.5 Å². The van der Waals surface area contributed by atoms with E-state index in [1.165, 1.54) is 12.1 Å². The van der Waals surface area contributed by atoms with Crippen LogP contribution in [0.15, 0.2) is 42.6 Å². The summed E-state index contributed by atoms with van der Waals surface area (Å²) >= 11 is 0. The van der Waals surface area contributed by atoms with Crippen LogP contribution in [0.5, 0.6) is 11.5 Å². The van der Waals surface area contributed by atoms with Crippen molar-refractivity contribution in [2.45, 2.75) is 18.7 Å². The van der Waals surface area contributed by atoms with E-state index >= 15 is 0 Å². The molecule has 3 heterocycles. The zero-order chi connectivity index (χ0) is 23.5. The molecule has 4 rings (SSSR count). The van der Waals surface area contributed by atoms with E-state index in [4.69, 9.17) is 14.2 Å². The van der Waals surface area contributed by atoms with E-state index in [0.29, 0.717) is 38.5 Å². The summed E-state index contributed by atoms with van der Waals surface area (Å²) in [4.78, 5) is 21.1. The van der Waals surface area contributed by atoms with Crippen molar-refractivity contribution in [2.24, 2.45) is 0 Å². The summed E-state index contributed by atoms with van der Waals surface area (Å²) in [7, 11) is 1.59. The predicted octanol–water partition coefficient (Wildman–Crippen LogP) is 2.69. The molecule has 1 atom stereocenters. The molecule has 0 aliphatic carbocycles. The maximum atomic E-state index is 13.0. The number of rotatable bonds is 5. The molecule has 1 amide bonds. The van der Waals surface area contributed by atoms with Gasteiger partial charge in [0.15, 0.2) is 5.79 Å². The van der Waals surface area contributed by atoms with Crippen LogP contribution in [0.2, 0.25) is 0 Å². The van der Waals surface area contributed by atoms with E-state index in [-0.39, 0.29) is 30.4 Å². The quantitative estimate of drug-likeness (QED) is 0.670. The van der Waals surface area contributed by atoms with Crippen LogP contribution in [0.3, 0.4) is 0 Å². The number of aromatic nitrogens is 1. The molecule has 1 unspecified atom stereocenters. The van der Waals surface area contributed by atoms with Crippen molar-refractivity contribution in [1.29, 1.82) is 0 Å². The highest BCUT2D eigenvalue weighted by Crippen LogP contribution is 2.28. The number of benzene rings is 1. The summed E-state index contributed by atoms with van der Waals surface area (Å²) in [5.74, 6) is -0.998. The SMILES string of the molecule is COc1cccnc1CN1CCOC2(C1)CN(C(=O)c1ccc(OC(F)(F)F)cc1)CCO2. The lowest BCUT2D eigenvalue weighted by Crippen LogP contribution is -2.62. The predicted molar refractivity (Wildman–Crippen MR) is 110 cm³/mol. The van der Waals surface area contributed by atoms with Gasteiger partial charge in [0, 0.05) is 31.4 Å². The van der Waals surface area contributed by atoms with Crippen LogP contribution in [-0.2, 0) is 16.0 Å². The second kappa shape index (κ2) is 9.54. The van der Waals surface area contributed by atoms with Crippen molar-refractivity contribution < 1.29 is 36.9 Å². The van der Waals surface area contributed by atoms with Gasteiger partial charge in [-0.15, -0.1) is 13.2 Å². The van der Waals surface area contributed by atoms with Crippen LogP contribution in [0.25, 0.3) is 0 Å². The first-order valence-corrected chi connectivity index (χ1v) is 10.4. The summed E-state index contributed by atoms with van der Waals surface area (Å²) < 4.78 is 58.3. The van der Waals surface area contributed by atoms with E-state index in [1.807, 2.05) is 6.07 Å². The molecule has 0 bridgehead atoms. The number of morpholine rings is 2. The van der Waals surface area contributed by atoms with E-state index in [0.717, 1.165) is 17.8 Å². The molecule has 1 aromatic heterocycles. The normalized spacial score (nSPS) is 21.8. The second-order valence-electron chi connectivity index (χ2n) is 7.77. The van der Waals surface area contributed by atoms with Gasteiger partial charge < -0.3 is 23.8 Å². The minimum absolute atomic E-state index is 0.197. The van der Waals surface area contributed by atoms with Crippen LogP contribution in [0.1, 0.15) is 16.1 Å². The molecule has 2 aromatic rings. The van der Waals surface area contributed by atoms with Gasteiger partial charge in [-0.25, -0.2) is 0 Å². The molecule has 178 valence electrons. The average Bonchev–Trinajstić information content (AvgIpc) is 2.78. The fourth-order valence-corrected chi connectivity index (χ4v) is 4.00. The number of halogens is 3. The molecule has 0 radical (unpaired) electrons. The number of carbonyl (C=O) groups excluding carboxylic acids is 1. The van der Waals surface area contributed by atoms with Crippen molar-refractivity contribution in [3.63, 3.8) is 0 Å². The minimum atomic E-state index is -4.79. The number of pyridine rings is 1. The third-order valence-electron chi connectivity index (χ3n) is 5.46. The van der Waals surface area contributed by atoms with Crippen molar-refractivity contribution in [1.82, 2.24) is 14.8 Å². The topological polar surface area (TPSA) is 73.4 Å². The van der Waals surface area contributed by atoms with Gasteiger partial charge in [0.05, 0.1) is 39.1 Å². The highest BCUT2D eigenvalue weighted by molar-refractivity contribution is 5.94. The summed E-state index contributed by atoms with van der Waals surface area (Å²) in [6.45, 7) is 2.87. The molecule has 0 N–H and O–H groups in total. The van der Waals surface area contributed by atoms with Crippen molar-refractivity contribution in [3.05, 3.63) is 53.9 Å². The highest BCUT2D eigenvalue weighted by Gasteiger charge is 2.43. The number of hydrogen-bond donors (Lipinski definition) is 0. The van der Waals surface area contributed by atoms with E-state index in [9.17, 15) is 18.0 Å². The van der Waals surface area contributed by atoms with Crippen LogP contribution in [-0.4, -0.2) is 79.3 Å². The lowest BCUT2D eigenvalue weighted by atomic mass is 10.1. The first-order valence-electron chi connectivity index (χ1n) is 10.4. The standard InChI is InChI=1S/C22H24F3N3O5/c1-30-19-3-2-8-26-18(19)13-27-9-11-31-21(14-27)15-28(10-12-32-21)20(29)16-4-6-17(7-5-16)33-22(23,24)25/h2-8H,9-15H2,1H3. The zero-order valence-electron chi connectivity index (χ0n) is 18.0. The molecule has 1 aromatic carbocycles. The fourth-order valence-electron chi connectivity index (χ4n) is 4.00. The lowest BCUT2D eigenvalue weighted by molar-refractivity contribution is -0.287. The Labute approximate surface area is 188 Å². The van der Waals surface area contributed by atoms with Gasteiger partial charge in [-0.05, 0) is 36.4 Å². The second-order valence-corrected chi connectivity index (χ2v) is 7.77. The Morgan fingerprint density at radius 1 is 1.12 bits per heavy atom. The van der Waals surface area contributed by atoms with Gasteiger partial charge in [-0.3, -0.25) is 14.7 Å². The molecule has 1 spiro atoms. The van der Waals surface area contributed by atoms with Gasteiger partial charge in [0.2, 0.25) is 0 Å². The van der Waals surface area contributed by atoms with Crippen LogP contribution in [0, 0.1) is 0 Å². The maximum absolute atomic E-state index is 13.0. The number of alkyl halides is 3. The van der Waals surface area contributed by atoms with E-state index in [1.54, 1.807) is 24.3 Å². The van der Waals surface area contributed by atoms with Gasteiger partial charge in [-0.1, -0.05) is 0 Å². The number of ether oxygens (including phenoxy) is 4. The Kier molecular flexibility index (Phi) is 6.73. The van der Waals surface area contributed by atoms with E-state index < -0.39 is 12.1 Å². The maximum Gasteiger partial charge on any atom is 0.573 e. The zero-order valence-corrected chi connectivity index (χ0v) is 18.0. The summed E-state index contributed by atoms with van der Waals surface area (Å²) in [6, 6.07) is 8.52. The Morgan fingerprint density at radius 3 is 2.55 bits per heavy atom. The number of methoxy groups -OCH3 is 1. The molecule has 0 saturated carbocycles. The first kappa shape index (κ1) is 23.3. The van der Waals surface area contributed by atoms with Gasteiger partial charge in [0.1, 0.15) is 11.5 Å². The van der Waals surface area contributed by atoms with E-state index in [2.05, 4.69) is 14.6 Å². The first-order chi connectivity index (χ1) is 15.8. The number of carbonyl (C=O) groups is 1. The number of amides is 1. The Balaban J connectivity index is 1.42. The number of nitrogens with zero attached hydrogens (tertiary/aromatic N) is 3. The Hall–Kier alpha value is -2.89. The molecule has 2 aliphatic rings. The third kappa shape index (κ3) is 5.73. The smallest absolute Gasteiger partial charge is 0.495 e. The molecular weight excluding hydrogens is 443 g/mol.